The quantitative estimate of drug-likeness (QED) is 0.742. The topological polar surface area (TPSA) is 51.2 Å². The Morgan fingerprint density at radius 3 is 3.00 bits per heavy atom. The third-order valence-corrected chi connectivity index (χ3v) is 4.43. The predicted molar refractivity (Wildman–Crippen MR) is 78.5 cm³/mol. The molecule has 0 unspecified atom stereocenters. The van der Waals surface area contributed by atoms with Gasteiger partial charge in [0.05, 0.1) is 17.4 Å². The minimum atomic E-state index is -0.416. The summed E-state index contributed by atoms with van der Waals surface area (Å²) in [5.41, 5.74) is 0.772. The summed E-state index contributed by atoms with van der Waals surface area (Å²) in [5, 5.41) is 6.00. The highest BCUT2D eigenvalue weighted by Crippen LogP contribution is 2.33. The van der Waals surface area contributed by atoms with Crippen LogP contribution in [0.4, 0.5) is 14.5 Å². The van der Waals surface area contributed by atoms with Crippen molar-refractivity contribution < 1.29 is 13.9 Å². The molecule has 0 aliphatic heterocycles. The van der Waals surface area contributed by atoms with E-state index in [1.54, 1.807) is 23.6 Å². The smallest absolute Gasteiger partial charge is 0.340 e. The van der Waals surface area contributed by atoms with E-state index in [9.17, 15) is 9.18 Å². The number of thiophene rings is 1. The maximum atomic E-state index is 13.6. The number of nitrogens with one attached hydrogen (secondary N) is 1. The van der Waals surface area contributed by atoms with Gasteiger partial charge in [-0.2, -0.15) is 0 Å². The average molecular weight is 308 g/mol. The van der Waals surface area contributed by atoms with Crippen molar-refractivity contribution in [2.45, 2.75) is 0 Å². The number of fused-ring (bicyclic) bond motifs is 1. The number of para-hydroxylation sites is 1. The van der Waals surface area contributed by atoms with Gasteiger partial charge in [-0.05, 0) is 23.6 Å². The molecule has 0 saturated carbocycles. The van der Waals surface area contributed by atoms with Crippen molar-refractivity contribution in [2.24, 2.45) is 0 Å². The van der Waals surface area contributed by atoms with Crippen LogP contribution >= 0.6 is 22.7 Å². The second kappa shape index (κ2) is 5.18. The number of aromatic nitrogens is 1. The molecule has 0 spiro atoms. The predicted octanol–water partition coefficient (Wildman–Crippen LogP) is 4.03. The highest BCUT2D eigenvalue weighted by Gasteiger charge is 2.15. The zero-order chi connectivity index (χ0) is 14.1. The Hall–Kier alpha value is -1.99. The van der Waals surface area contributed by atoms with Gasteiger partial charge >= 0.3 is 5.97 Å². The molecule has 2 heterocycles. The lowest BCUT2D eigenvalue weighted by Crippen LogP contribution is -2.02. The number of benzene rings is 1. The van der Waals surface area contributed by atoms with Crippen molar-refractivity contribution in [1.82, 2.24) is 4.98 Å². The fourth-order valence-corrected chi connectivity index (χ4v) is 3.47. The first-order valence-electron chi connectivity index (χ1n) is 5.67. The molecular weight excluding hydrogens is 299 g/mol. The number of methoxy groups -OCH3 is 1. The van der Waals surface area contributed by atoms with Gasteiger partial charge in [0.1, 0.15) is 16.3 Å². The molecule has 2 aromatic heterocycles. The summed E-state index contributed by atoms with van der Waals surface area (Å²) in [4.78, 5) is 15.8. The summed E-state index contributed by atoms with van der Waals surface area (Å²) < 4.78 is 19.0. The van der Waals surface area contributed by atoms with Crippen LogP contribution in [0.3, 0.4) is 0 Å². The van der Waals surface area contributed by atoms with Gasteiger partial charge in [0.2, 0.25) is 0 Å². The number of hydrogen-bond donors (Lipinski definition) is 1. The van der Waals surface area contributed by atoms with Gasteiger partial charge in [-0.25, -0.2) is 14.2 Å². The first-order valence-corrected chi connectivity index (χ1v) is 7.36. The van der Waals surface area contributed by atoms with Crippen LogP contribution in [0.15, 0.2) is 29.6 Å². The maximum Gasteiger partial charge on any atom is 0.340 e. The van der Waals surface area contributed by atoms with Crippen LogP contribution in [0, 0.1) is 5.82 Å². The number of halogens is 1. The number of rotatable bonds is 3. The summed E-state index contributed by atoms with van der Waals surface area (Å²) in [6.07, 6.45) is 0. The molecule has 0 aliphatic rings. The minimum Gasteiger partial charge on any atom is -0.465 e. The molecule has 0 aliphatic carbocycles. The van der Waals surface area contributed by atoms with Crippen molar-refractivity contribution >= 4 is 49.0 Å². The molecule has 102 valence electrons. The zero-order valence-corrected chi connectivity index (χ0v) is 12.0. The van der Waals surface area contributed by atoms with Crippen LogP contribution < -0.4 is 5.32 Å². The lowest BCUT2D eigenvalue weighted by Gasteiger charge is -2.02. The number of carbonyl (C=O) groups excluding carboxylic acids is 1. The Labute approximate surface area is 121 Å². The molecule has 7 heteroatoms. The number of hydrogen-bond acceptors (Lipinski definition) is 6. The van der Waals surface area contributed by atoms with E-state index in [4.69, 9.17) is 4.74 Å². The highest BCUT2D eigenvalue weighted by atomic mass is 32.1. The molecule has 1 N–H and O–H groups in total. The molecule has 3 aromatic rings. The Bertz CT molecular complexity index is 782. The number of esters is 1. The van der Waals surface area contributed by atoms with Gasteiger partial charge in [-0.3, -0.25) is 0 Å². The summed E-state index contributed by atoms with van der Waals surface area (Å²) in [6, 6.07) is 6.49. The van der Waals surface area contributed by atoms with E-state index in [1.807, 2.05) is 0 Å². The molecule has 0 saturated heterocycles. The molecular formula is C13H9FN2O2S2. The van der Waals surface area contributed by atoms with Gasteiger partial charge in [0, 0.05) is 0 Å². The molecule has 4 nitrogen and oxygen atoms in total. The number of nitrogens with zero attached hydrogens (tertiary/aromatic N) is 1. The minimum absolute atomic E-state index is 0.330. The largest absolute Gasteiger partial charge is 0.465 e. The first-order chi connectivity index (χ1) is 9.69. The van der Waals surface area contributed by atoms with Crippen LogP contribution in [-0.2, 0) is 4.74 Å². The molecule has 0 amide bonds. The van der Waals surface area contributed by atoms with Crippen LogP contribution in [-0.4, -0.2) is 18.1 Å². The zero-order valence-electron chi connectivity index (χ0n) is 10.3. The van der Waals surface area contributed by atoms with E-state index >= 15 is 0 Å². The maximum absolute atomic E-state index is 13.6. The van der Waals surface area contributed by atoms with E-state index in [0.29, 0.717) is 21.2 Å². The van der Waals surface area contributed by atoms with E-state index in [-0.39, 0.29) is 5.82 Å². The summed E-state index contributed by atoms with van der Waals surface area (Å²) in [5.74, 6) is -0.771. The SMILES string of the molecule is COC(=O)c1ccsc1Nc1nc2c(F)cccc2s1. The number of carbonyl (C=O) groups is 1. The van der Waals surface area contributed by atoms with Gasteiger partial charge in [0.25, 0.3) is 0 Å². The second-order valence-electron chi connectivity index (χ2n) is 3.89. The Morgan fingerprint density at radius 2 is 2.25 bits per heavy atom. The third-order valence-electron chi connectivity index (χ3n) is 2.66. The second-order valence-corrected chi connectivity index (χ2v) is 5.83. The van der Waals surface area contributed by atoms with Gasteiger partial charge < -0.3 is 10.1 Å². The average Bonchev–Trinajstić information content (AvgIpc) is 3.05. The molecule has 0 fully saturated rings. The van der Waals surface area contributed by atoms with Crippen LogP contribution in [0.5, 0.6) is 0 Å². The monoisotopic (exact) mass is 308 g/mol. The molecule has 1 aromatic carbocycles. The van der Waals surface area contributed by atoms with Crippen molar-refractivity contribution in [3.63, 3.8) is 0 Å². The molecule has 20 heavy (non-hydrogen) atoms. The highest BCUT2D eigenvalue weighted by molar-refractivity contribution is 7.22. The van der Waals surface area contributed by atoms with Crippen molar-refractivity contribution in [3.05, 3.63) is 41.0 Å². The van der Waals surface area contributed by atoms with E-state index in [2.05, 4.69) is 10.3 Å². The van der Waals surface area contributed by atoms with Crippen molar-refractivity contribution in [1.29, 1.82) is 0 Å². The van der Waals surface area contributed by atoms with Crippen LogP contribution in [0.25, 0.3) is 10.2 Å². The Morgan fingerprint density at radius 1 is 1.40 bits per heavy atom. The number of ether oxygens (including phenoxy) is 1. The summed E-state index contributed by atoms with van der Waals surface area (Å²) >= 11 is 2.69. The third kappa shape index (κ3) is 2.25. The standard InChI is InChI=1S/C13H9FN2O2S2/c1-18-12(17)7-5-6-19-11(7)16-13-15-10-8(14)3-2-4-9(10)20-13/h2-6H,1H3,(H,15,16). The molecule has 3 rings (SSSR count). The fourth-order valence-electron chi connectivity index (χ4n) is 1.74. The number of anilines is 2. The van der Waals surface area contributed by atoms with Gasteiger partial charge in [0.15, 0.2) is 5.13 Å². The summed E-state index contributed by atoms with van der Waals surface area (Å²) in [7, 11) is 1.33. The van der Waals surface area contributed by atoms with Crippen molar-refractivity contribution in [3.8, 4) is 0 Å². The van der Waals surface area contributed by atoms with Crippen molar-refractivity contribution in [2.75, 3.05) is 12.4 Å². The van der Waals surface area contributed by atoms with Crippen LogP contribution in [0.1, 0.15) is 10.4 Å². The molecule has 0 radical (unpaired) electrons. The fraction of sp³-hybridized carbons (Fsp3) is 0.0769. The van der Waals surface area contributed by atoms with Gasteiger partial charge in [-0.1, -0.05) is 17.4 Å². The van der Waals surface area contributed by atoms with E-state index in [1.165, 1.54) is 35.8 Å². The lowest BCUT2D eigenvalue weighted by molar-refractivity contribution is 0.0602. The lowest BCUT2D eigenvalue weighted by atomic mass is 10.3. The van der Waals surface area contributed by atoms with Gasteiger partial charge in [-0.15, -0.1) is 11.3 Å². The molecule has 0 atom stereocenters. The normalized spacial score (nSPS) is 10.7. The van der Waals surface area contributed by atoms with Crippen LogP contribution in [0.2, 0.25) is 0 Å². The van der Waals surface area contributed by atoms with E-state index in [0.717, 1.165) is 4.70 Å². The Balaban J connectivity index is 1.96. The van der Waals surface area contributed by atoms with E-state index < -0.39 is 5.97 Å². The number of thiazole rings is 1. The summed E-state index contributed by atoms with van der Waals surface area (Å²) in [6.45, 7) is 0. The Kier molecular flexibility index (Phi) is 3.37. The molecule has 0 bridgehead atoms. The first kappa shape index (κ1) is 13.0.